The summed E-state index contributed by atoms with van der Waals surface area (Å²) in [5.74, 6) is 0.867. The van der Waals surface area contributed by atoms with Crippen LogP contribution in [0.5, 0.6) is 5.75 Å². The van der Waals surface area contributed by atoms with E-state index in [2.05, 4.69) is 5.32 Å². The zero-order valence-electron chi connectivity index (χ0n) is 8.75. The molecular weight excluding hydrogens is 178 g/mol. The molecule has 0 atom stereocenters. The van der Waals surface area contributed by atoms with E-state index in [0.29, 0.717) is 0 Å². The Hall–Kier alpha value is -1.22. The van der Waals surface area contributed by atoms with Gasteiger partial charge in [-0.1, -0.05) is 6.07 Å². The van der Waals surface area contributed by atoms with Gasteiger partial charge in [-0.3, -0.25) is 0 Å². The molecule has 0 unspecified atom stereocenters. The molecule has 0 amide bonds. The van der Waals surface area contributed by atoms with Crippen LogP contribution in [0.1, 0.15) is 6.92 Å². The zero-order valence-corrected chi connectivity index (χ0v) is 8.75. The summed E-state index contributed by atoms with van der Waals surface area (Å²) in [5.41, 5.74) is 1.06. The van der Waals surface area contributed by atoms with Gasteiger partial charge in [-0.25, -0.2) is 0 Å². The van der Waals surface area contributed by atoms with Crippen LogP contribution in [0.25, 0.3) is 0 Å². The Kier molecular flexibility index (Phi) is 4.86. The van der Waals surface area contributed by atoms with Crippen LogP contribution in [0.4, 0.5) is 5.69 Å². The van der Waals surface area contributed by atoms with Gasteiger partial charge >= 0.3 is 0 Å². The van der Waals surface area contributed by atoms with Crippen LogP contribution in [0, 0.1) is 0 Å². The molecule has 14 heavy (non-hydrogen) atoms. The standard InChI is InChI=1S/C11H17NO2/c1-3-14-8-7-12-10-5-4-6-11(9-10)13-2/h4-6,9,12H,3,7-8H2,1-2H3. The average molecular weight is 195 g/mol. The van der Waals surface area contributed by atoms with Crippen LogP contribution in [0.2, 0.25) is 0 Å². The first-order chi connectivity index (χ1) is 6.86. The minimum absolute atomic E-state index is 0.730. The van der Waals surface area contributed by atoms with E-state index in [4.69, 9.17) is 9.47 Å². The summed E-state index contributed by atoms with van der Waals surface area (Å²) in [5, 5.41) is 3.25. The molecule has 0 aliphatic heterocycles. The first-order valence-electron chi connectivity index (χ1n) is 4.82. The monoisotopic (exact) mass is 195 g/mol. The van der Waals surface area contributed by atoms with Gasteiger partial charge in [-0.2, -0.15) is 0 Å². The molecule has 3 heteroatoms. The van der Waals surface area contributed by atoms with Crippen molar-refractivity contribution in [1.29, 1.82) is 0 Å². The Labute approximate surface area is 85.0 Å². The molecule has 0 fully saturated rings. The van der Waals surface area contributed by atoms with Crippen LogP contribution < -0.4 is 10.1 Å². The highest BCUT2D eigenvalue weighted by Crippen LogP contribution is 2.16. The number of benzene rings is 1. The van der Waals surface area contributed by atoms with Crippen molar-refractivity contribution in [2.24, 2.45) is 0 Å². The zero-order chi connectivity index (χ0) is 10.2. The Balaban J connectivity index is 2.34. The van der Waals surface area contributed by atoms with E-state index in [1.807, 2.05) is 31.2 Å². The number of hydrogen-bond donors (Lipinski definition) is 1. The van der Waals surface area contributed by atoms with Crippen molar-refractivity contribution in [3.05, 3.63) is 24.3 Å². The normalized spacial score (nSPS) is 9.86. The third-order valence-electron chi connectivity index (χ3n) is 1.85. The Bertz CT molecular complexity index is 263. The van der Waals surface area contributed by atoms with E-state index in [1.165, 1.54) is 0 Å². The number of rotatable bonds is 6. The highest BCUT2D eigenvalue weighted by molar-refractivity contribution is 5.47. The lowest BCUT2D eigenvalue weighted by Crippen LogP contribution is -2.08. The van der Waals surface area contributed by atoms with Crippen molar-refractivity contribution >= 4 is 5.69 Å². The molecule has 78 valence electrons. The second-order valence-electron chi connectivity index (χ2n) is 2.86. The van der Waals surface area contributed by atoms with Gasteiger partial charge in [0.15, 0.2) is 0 Å². The van der Waals surface area contributed by atoms with Crippen LogP contribution >= 0.6 is 0 Å². The number of hydrogen-bond acceptors (Lipinski definition) is 3. The molecule has 0 spiro atoms. The molecular formula is C11H17NO2. The molecule has 3 nitrogen and oxygen atoms in total. The summed E-state index contributed by atoms with van der Waals surface area (Å²) < 4.78 is 10.3. The van der Waals surface area contributed by atoms with Gasteiger partial charge in [0.1, 0.15) is 5.75 Å². The number of ether oxygens (including phenoxy) is 2. The molecule has 1 aromatic rings. The summed E-state index contributed by atoms with van der Waals surface area (Å²) >= 11 is 0. The molecule has 0 saturated heterocycles. The second-order valence-corrected chi connectivity index (χ2v) is 2.86. The predicted molar refractivity (Wildman–Crippen MR) is 58.0 cm³/mol. The molecule has 0 aliphatic carbocycles. The summed E-state index contributed by atoms with van der Waals surface area (Å²) in [6.45, 7) is 4.31. The maximum atomic E-state index is 5.22. The van der Waals surface area contributed by atoms with Crippen molar-refractivity contribution in [3.8, 4) is 5.75 Å². The van der Waals surface area contributed by atoms with Crippen LogP contribution in [0.3, 0.4) is 0 Å². The quantitative estimate of drug-likeness (QED) is 0.705. The molecule has 0 bridgehead atoms. The minimum atomic E-state index is 0.730. The molecule has 0 saturated carbocycles. The maximum Gasteiger partial charge on any atom is 0.120 e. The summed E-state index contributed by atoms with van der Waals surface area (Å²) in [6, 6.07) is 7.86. The van der Waals surface area contributed by atoms with Gasteiger partial charge < -0.3 is 14.8 Å². The molecule has 1 aromatic carbocycles. The van der Waals surface area contributed by atoms with Gasteiger partial charge in [0, 0.05) is 24.9 Å². The van der Waals surface area contributed by atoms with Crippen LogP contribution in [-0.2, 0) is 4.74 Å². The van der Waals surface area contributed by atoms with Gasteiger partial charge in [0.2, 0.25) is 0 Å². The smallest absolute Gasteiger partial charge is 0.120 e. The lowest BCUT2D eigenvalue weighted by atomic mass is 10.3. The summed E-state index contributed by atoms with van der Waals surface area (Å²) in [7, 11) is 1.67. The fourth-order valence-corrected chi connectivity index (χ4v) is 1.14. The summed E-state index contributed by atoms with van der Waals surface area (Å²) in [6.07, 6.45) is 0. The molecule has 0 aliphatic rings. The number of nitrogens with one attached hydrogen (secondary N) is 1. The third kappa shape index (κ3) is 3.66. The van der Waals surface area contributed by atoms with E-state index in [-0.39, 0.29) is 0 Å². The Morgan fingerprint density at radius 2 is 2.21 bits per heavy atom. The molecule has 0 radical (unpaired) electrons. The highest BCUT2D eigenvalue weighted by Gasteiger charge is 1.93. The third-order valence-corrected chi connectivity index (χ3v) is 1.85. The second kappa shape index (κ2) is 6.27. The van der Waals surface area contributed by atoms with Gasteiger partial charge in [0.05, 0.1) is 13.7 Å². The van der Waals surface area contributed by atoms with Crippen molar-refractivity contribution in [3.63, 3.8) is 0 Å². The fraction of sp³-hybridized carbons (Fsp3) is 0.455. The van der Waals surface area contributed by atoms with E-state index >= 15 is 0 Å². The van der Waals surface area contributed by atoms with Crippen LogP contribution in [-0.4, -0.2) is 26.9 Å². The van der Waals surface area contributed by atoms with Gasteiger partial charge in [-0.05, 0) is 19.1 Å². The summed E-state index contributed by atoms with van der Waals surface area (Å²) in [4.78, 5) is 0. The van der Waals surface area contributed by atoms with Crippen molar-refractivity contribution in [1.82, 2.24) is 0 Å². The van der Waals surface area contributed by atoms with Crippen LogP contribution in [0.15, 0.2) is 24.3 Å². The largest absolute Gasteiger partial charge is 0.497 e. The SMILES string of the molecule is CCOCCNc1cccc(OC)c1. The van der Waals surface area contributed by atoms with Crippen molar-refractivity contribution in [2.45, 2.75) is 6.92 Å². The lowest BCUT2D eigenvalue weighted by molar-refractivity contribution is 0.158. The Morgan fingerprint density at radius 1 is 1.36 bits per heavy atom. The minimum Gasteiger partial charge on any atom is -0.497 e. The van der Waals surface area contributed by atoms with E-state index < -0.39 is 0 Å². The lowest BCUT2D eigenvalue weighted by Gasteiger charge is -2.07. The first-order valence-corrected chi connectivity index (χ1v) is 4.82. The van der Waals surface area contributed by atoms with E-state index in [9.17, 15) is 0 Å². The maximum absolute atomic E-state index is 5.22. The molecule has 1 rings (SSSR count). The first kappa shape index (κ1) is 10.9. The van der Waals surface area contributed by atoms with E-state index in [1.54, 1.807) is 7.11 Å². The fourth-order valence-electron chi connectivity index (χ4n) is 1.14. The predicted octanol–water partition coefficient (Wildman–Crippen LogP) is 2.14. The average Bonchev–Trinajstić information content (AvgIpc) is 2.25. The number of anilines is 1. The topological polar surface area (TPSA) is 30.5 Å². The van der Waals surface area contributed by atoms with Gasteiger partial charge in [0.25, 0.3) is 0 Å². The van der Waals surface area contributed by atoms with Crippen molar-refractivity contribution < 1.29 is 9.47 Å². The highest BCUT2D eigenvalue weighted by atomic mass is 16.5. The number of methoxy groups -OCH3 is 1. The van der Waals surface area contributed by atoms with Crippen molar-refractivity contribution in [2.75, 3.05) is 32.2 Å². The van der Waals surface area contributed by atoms with Gasteiger partial charge in [-0.15, -0.1) is 0 Å². The Morgan fingerprint density at radius 3 is 2.93 bits per heavy atom. The molecule has 0 aromatic heterocycles. The van der Waals surface area contributed by atoms with E-state index in [0.717, 1.165) is 31.2 Å². The molecule has 0 heterocycles. The molecule has 1 N–H and O–H groups in total.